The first-order valence-corrected chi connectivity index (χ1v) is 8.61. The van der Waals surface area contributed by atoms with E-state index < -0.39 is 0 Å². The standard InChI is InChI=1S/C19H25N/c20-18-15-6-12-7-16(18)11-19(9-12,10-15)17-5-4-13-2-1-3-14(13)8-17/h4-5,8,12,15-16,18H,1-3,6-7,9-11,20H2. The molecule has 0 radical (unpaired) electrons. The molecule has 4 bridgehead atoms. The summed E-state index contributed by atoms with van der Waals surface area (Å²) < 4.78 is 0. The maximum Gasteiger partial charge on any atom is 0.00964 e. The van der Waals surface area contributed by atoms with Gasteiger partial charge in [-0.2, -0.15) is 0 Å². The Morgan fingerprint density at radius 3 is 2.50 bits per heavy atom. The van der Waals surface area contributed by atoms with Gasteiger partial charge in [0.2, 0.25) is 0 Å². The summed E-state index contributed by atoms with van der Waals surface area (Å²) in [4.78, 5) is 0. The molecular weight excluding hydrogens is 242 g/mol. The van der Waals surface area contributed by atoms with Crippen LogP contribution in [0.4, 0.5) is 0 Å². The minimum atomic E-state index is 0.504. The van der Waals surface area contributed by atoms with E-state index in [1.165, 1.54) is 51.4 Å². The minimum Gasteiger partial charge on any atom is -0.327 e. The monoisotopic (exact) mass is 267 g/mol. The van der Waals surface area contributed by atoms with Crippen molar-refractivity contribution in [2.24, 2.45) is 23.5 Å². The molecule has 2 atom stereocenters. The predicted octanol–water partition coefficient (Wildman–Crippen LogP) is 3.58. The van der Waals surface area contributed by atoms with Gasteiger partial charge in [-0.1, -0.05) is 18.2 Å². The Kier molecular flexibility index (Phi) is 2.29. The van der Waals surface area contributed by atoms with Crippen LogP contribution >= 0.6 is 0 Å². The third kappa shape index (κ3) is 1.48. The molecule has 1 heteroatoms. The Balaban J connectivity index is 1.57. The highest BCUT2D eigenvalue weighted by Crippen LogP contribution is 2.60. The molecule has 1 aromatic rings. The van der Waals surface area contributed by atoms with Crippen LogP contribution in [0, 0.1) is 17.8 Å². The van der Waals surface area contributed by atoms with Crippen molar-refractivity contribution in [1.29, 1.82) is 0 Å². The summed E-state index contributed by atoms with van der Waals surface area (Å²) in [5.74, 6) is 2.60. The van der Waals surface area contributed by atoms with E-state index in [-0.39, 0.29) is 0 Å². The van der Waals surface area contributed by atoms with Crippen molar-refractivity contribution in [3.63, 3.8) is 0 Å². The van der Waals surface area contributed by atoms with E-state index in [0.29, 0.717) is 11.5 Å². The fourth-order valence-corrected chi connectivity index (χ4v) is 6.32. The van der Waals surface area contributed by atoms with Gasteiger partial charge in [0.15, 0.2) is 0 Å². The van der Waals surface area contributed by atoms with Crippen molar-refractivity contribution in [1.82, 2.24) is 0 Å². The first-order chi connectivity index (χ1) is 9.73. The molecule has 5 aliphatic rings. The summed E-state index contributed by atoms with van der Waals surface area (Å²) in [5, 5.41) is 0. The van der Waals surface area contributed by atoms with E-state index in [1.54, 1.807) is 16.7 Å². The average molecular weight is 267 g/mol. The molecule has 5 aliphatic carbocycles. The van der Waals surface area contributed by atoms with Crippen LogP contribution in [-0.4, -0.2) is 6.04 Å². The van der Waals surface area contributed by atoms with E-state index in [2.05, 4.69) is 18.2 Å². The number of nitrogens with two attached hydrogens (primary N) is 1. The van der Waals surface area contributed by atoms with Gasteiger partial charge in [-0.15, -0.1) is 0 Å². The summed E-state index contributed by atoms with van der Waals surface area (Å²) in [6.07, 6.45) is 11.0. The van der Waals surface area contributed by atoms with Gasteiger partial charge < -0.3 is 5.73 Å². The third-order valence-corrected chi connectivity index (χ3v) is 7.06. The molecule has 0 spiro atoms. The van der Waals surface area contributed by atoms with Gasteiger partial charge in [0, 0.05) is 6.04 Å². The summed E-state index contributed by atoms with van der Waals surface area (Å²) in [5.41, 5.74) is 11.9. The van der Waals surface area contributed by atoms with E-state index in [4.69, 9.17) is 5.73 Å². The zero-order valence-corrected chi connectivity index (χ0v) is 12.3. The second-order valence-electron chi connectivity index (χ2n) is 8.16. The minimum absolute atomic E-state index is 0.504. The Morgan fingerprint density at radius 2 is 1.70 bits per heavy atom. The molecule has 0 aromatic heterocycles. The maximum atomic E-state index is 6.49. The molecule has 4 fully saturated rings. The summed E-state index contributed by atoms with van der Waals surface area (Å²) in [7, 11) is 0. The van der Waals surface area contributed by atoms with Gasteiger partial charge in [0.1, 0.15) is 0 Å². The van der Waals surface area contributed by atoms with Crippen molar-refractivity contribution >= 4 is 0 Å². The Labute approximate surface area is 121 Å². The number of aryl methyl sites for hydroxylation is 2. The molecule has 2 N–H and O–H groups in total. The fourth-order valence-electron chi connectivity index (χ4n) is 6.32. The topological polar surface area (TPSA) is 26.0 Å². The maximum absolute atomic E-state index is 6.49. The van der Waals surface area contributed by atoms with E-state index in [1.807, 2.05) is 0 Å². The van der Waals surface area contributed by atoms with Crippen molar-refractivity contribution in [2.45, 2.75) is 62.8 Å². The van der Waals surface area contributed by atoms with Gasteiger partial charge in [0.25, 0.3) is 0 Å². The van der Waals surface area contributed by atoms with Crippen molar-refractivity contribution in [3.8, 4) is 0 Å². The molecule has 0 aliphatic heterocycles. The summed E-state index contributed by atoms with van der Waals surface area (Å²) in [6.45, 7) is 0. The Morgan fingerprint density at radius 1 is 0.950 bits per heavy atom. The average Bonchev–Trinajstić information content (AvgIpc) is 2.91. The zero-order chi connectivity index (χ0) is 13.3. The molecular formula is C19H25N. The highest BCUT2D eigenvalue weighted by molar-refractivity contribution is 5.40. The molecule has 1 nitrogen and oxygen atoms in total. The van der Waals surface area contributed by atoms with Crippen LogP contribution in [0.3, 0.4) is 0 Å². The van der Waals surface area contributed by atoms with Crippen molar-refractivity contribution < 1.29 is 0 Å². The lowest BCUT2D eigenvalue weighted by Crippen LogP contribution is -2.58. The lowest BCUT2D eigenvalue weighted by molar-refractivity contribution is -0.0226. The predicted molar refractivity (Wildman–Crippen MR) is 81.7 cm³/mol. The van der Waals surface area contributed by atoms with Crippen molar-refractivity contribution in [3.05, 3.63) is 34.9 Å². The van der Waals surface area contributed by atoms with Crippen LogP contribution in [0.2, 0.25) is 0 Å². The van der Waals surface area contributed by atoms with Gasteiger partial charge in [-0.25, -0.2) is 0 Å². The fraction of sp³-hybridized carbons (Fsp3) is 0.684. The molecule has 0 heterocycles. The highest BCUT2D eigenvalue weighted by atomic mass is 14.7. The molecule has 2 unspecified atom stereocenters. The Bertz CT molecular complexity index is 545. The number of hydrogen-bond acceptors (Lipinski definition) is 1. The number of hydrogen-bond donors (Lipinski definition) is 1. The second-order valence-corrected chi connectivity index (χ2v) is 8.16. The van der Waals surface area contributed by atoms with E-state index in [0.717, 1.165) is 17.8 Å². The molecule has 4 saturated carbocycles. The van der Waals surface area contributed by atoms with Gasteiger partial charge in [0.05, 0.1) is 0 Å². The number of fused-ring (bicyclic) bond motifs is 1. The zero-order valence-electron chi connectivity index (χ0n) is 12.3. The number of rotatable bonds is 1. The highest BCUT2D eigenvalue weighted by Gasteiger charge is 2.54. The second kappa shape index (κ2) is 3.88. The lowest BCUT2D eigenvalue weighted by atomic mass is 9.46. The van der Waals surface area contributed by atoms with E-state index in [9.17, 15) is 0 Å². The summed E-state index contributed by atoms with van der Waals surface area (Å²) in [6, 6.07) is 8.01. The van der Waals surface area contributed by atoms with Crippen LogP contribution < -0.4 is 5.73 Å². The van der Waals surface area contributed by atoms with Crippen LogP contribution in [-0.2, 0) is 18.3 Å². The van der Waals surface area contributed by atoms with Crippen LogP contribution in [0.1, 0.15) is 55.2 Å². The lowest BCUT2D eigenvalue weighted by Gasteiger charge is -2.59. The molecule has 6 rings (SSSR count). The SMILES string of the molecule is NC1C2CC3CC1CC(c1ccc4c(c1)CCC4)(C3)C2. The number of benzene rings is 1. The van der Waals surface area contributed by atoms with Crippen LogP contribution in [0.25, 0.3) is 0 Å². The molecule has 1 aromatic carbocycles. The van der Waals surface area contributed by atoms with Gasteiger partial charge >= 0.3 is 0 Å². The van der Waals surface area contributed by atoms with Crippen molar-refractivity contribution in [2.75, 3.05) is 0 Å². The molecule has 20 heavy (non-hydrogen) atoms. The molecule has 0 saturated heterocycles. The summed E-state index contributed by atoms with van der Waals surface area (Å²) >= 11 is 0. The smallest absolute Gasteiger partial charge is 0.00964 e. The molecule has 106 valence electrons. The van der Waals surface area contributed by atoms with Crippen LogP contribution in [0.5, 0.6) is 0 Å². The normalized spacial score (nSPS) is 44.9. The third-order valence-electron chi connectivity index (χ3n) is 7.06. The largest absolute Gasteiger partial charge is 0.327 e. The van der Waals surface area contributed by atoms with E-state index >= 15 is 0 Å². The molecule has 0 amide bonds. The first-order valence-electron chi connectivity index (χ1n) is 8.61. The quantitative estimate of drug-likeness (QED) is 0.827. The van der Waals surface area contributed by atoms with Crippen LogP contribution in [0.15, 0.2) is 18.2 Å². The van der Waals surface area contributed by atoms with Gasteiger partial charge in [-0.05, 0) is 91.2 Å². The first kappa shape index (κ1) is 11.8. The van der Waals surface area contributed by atoms with Gasteiger partial charge in [-0.3, -0.25) is 0 Å². The Hall–Kier alpha value is -0.820.